The first-order valence-electron chi connectivity index (χ1n) is 10.8. The Kier molecular flexibility index (Phi) is 5.30. The Labute approximate surface area is 197 Å². The number of pyridine rings is 1. The highest BCUT2D eigenvalue weighted by Gasteiger charge is 2.24. The molecule has 0 atom stereocenters. The quantitative estimate of drug-likeness (QED) is 0.352. The second-order valence-electron chi connectivity index (χ2n) is 8.53. The second-order valence-corrected chi connectivity index (χ2v) is 9.89. The lowest BCUT2D eigenvalue weighted by Crippen LogP contribution is -2.36. The summed E-state index contributed by atoms with van der Waals surface area (Å²) in [6.45, 7) is 5.87. The summed E-state index contributed by atoms with van der Waals surface area (Å²) in [6.07, 6.45) is 3.44. The Bertz CT molecular complexity index is 1260. The van der Waals surface area contributed by atoms with Gasteiger partial charge >= 0.3 is 0 Å². The van der Waals surface area contributed by atoms with Gasteiger partial charge in [-0.05, 0) is 54.8 Å². The molecule has 6 heteroatoms. The molecule has 31 heavy (non-hydrogen) atoms. The number of likely N-dealkylation sites (N-methyl/N-ethyl adjacent to an activating group) is 1. The van der Waals surface area contributed by atoms with Gasteiger partial charge in [-0.1, -0.05) is 18.2 Å². The van der Waals surface area contributed by atoms with Crippen LogP contribution in [0.1, 0.15) is 17.5 Å². The van der Waals surface area contributed by atoms with Crippen LogP contribution < -0.4 is 15.4 Å². The molecule has 1 aromatic heterocycles. The van der Waals surface area contributed by atoms with E-state index in [2.05, 4.69) is 79.2 Å². The Balaban J connectivity index is 1.63. The van der Waals surface area contributed by atoms with Gasteiger partial charge in [0, 0.05) is 74.1 Å². The zero-order chi connectivity index (χ0) is 21.7. The highest BCUT2D eigenvalue weighted by molar-refractivity contribution is 14.1. The third-order valence-corrected chi connectivity index (χ3v) is 7.46. The van der Waals surface area contributed by atoms with Crippen LogP contribution in [0.25, 0.3) is 16.5 Å². The van der Waals surface area contributed by atoms with Crippen LogP contribution in [0.2, 0.25) is 0 Å². The van der Waals surface area contributed by atoms with Gasteiger partial charge in [-0.3, -0.25) is 4.79 Å². The van der Waals surface area contributed by atoms with Crippen molar-refractivity contribution in [2.75, 3.05) is 43.0 Å². The van der Waals surface area contributed by atoms with Gasteiger partial charge < -0.3 is 14.4 Å². The van der Waals surface area contributed by atoms with E-state index in [1.165, 1.54) is 22.5 Å². The van der Waals surface area contributed by atoms with Crippen molar-refractivity contribution in [3.63, 3.8) is 0 Å². The van der Waals surface area contributed by atoms with Crippen molar-refractivity contribution in [2.24, 2.45) is 7.05 Å². The van der Waals surface area contributed by atoms with E-state index in [0.717, 1.165) is 54.8 Å². The lowest BCUT2D eigenvalue weighted by atomic mass is 9.97. The minimum absolute atomic E-state index is 0.0684. The lowest BCUT2D eigenvalue weighted by Gasteiger charge is -2.38. The summed E-state index contributed by atoms with van der Waals surface area (Å²) in [4.78, 5) is 17.2. The van der Waals surface area contributed by atoms with Gasteiger partial charge in [0.2, 0.25) is 0 Å². The molecule has 3 aromatic rings. The number of aromatic nitrogens is 1. The predicted octanol–water partition coefficient (Wildman–Crippen LogP) is 4.87. The fourth-order valence-electron chi connectivity index (χ4n) is 4.77. The highest BCUT2D eigenvalue weighted by Crippen LogP contribution is 2.41. The van der Waals surface area contributed by atoms with Crippen LogP contribution in [0, 0.1) is 6.92 Å². The average Bonchev–Trinajstić information content (AvgIpc) is 2.78. The van der Waals surface area contributed by atoms with E-state index < -0.39 is 0 Å². The molecule has 160 valence electrons. The number of rotatable bonds is 2. The lowest BCUT2D eigenvalue weighted by molar-refractivity contribution is 0.557. The van der Waals surface area contributed by atoms with Gasteiger partial charge in [0.05, 0.1) is 22.6 Å². The Hall–Kier alpha value is -2.32. The zero-order valence-electron chi connectivity index (χ0n) is 18.2. The molecule has 0 N–H and O–H groups in total. The molecule has 0 fully saturated rings. The van der Waals surface area contributed by atoms with Crippen LogP contribution in [-0.4, -0.2) is 40.9 Å². The summed E-state index contributed by atoms with van der Waals surface area (Å²) in [7, 11) is 4.04. The van der Waals surface area contributed by atoms with Crippen LogP contribution in [0.3, 0.4) is 0 Å². The third kappa shape index (κ3) is 3.55. The topological polar surface area (TPSA) is 31.7 Å². The molecule has 0 unspecified atom stereocenters. The molecule has 0 amide bonds. The van der Waals surface area contributed by atoms with Gasteiger partial charge in [0.15, 0.2) is 0 Å². The molecule has 0 aliphatic carbocycles. The van der Waals surface area contributed by atoms with Crippen molar-refractivity contribution in [1.82, 2.24) is 7.68 Å². The zero-order valence-corrected chi connectivity index (χ0v) is 20.4. The molecule has 0 spiro atoms. The van der Waals surface area contributed by atoms with E-state index in [9.17, 15) is 4.79 Å². The molecular weight excluding hydrogens is 499 g/mol. The Morgan fingerprint density at radius 3 is 2.55 bits per heavy atom. The first-order chi connectivity index (χ1) is 14.9. The van der Waals surface area contributed by atoms with Gasteiger partial charge in [0.1, 0.15) is 0 Å². The molecule has 2 aliphatic rings. The molecule has 2 aromatic carbocycles. The monoisotopic (exact) mass is 526 g/mol. The van der Waals surface area contributed by atoms with Gasteiger partial charge in [-0.25, -0.2) is 3.11 Å². The fourth-order valence-corrected chi connectivity index (χ4v) is 5.21. The van der Waals surface area contributed by atoms with Gasteiger partial charge in [0.25, 0.3) is 5.56 Å². The summed E-state index contributed by atoms with van der Waals surface area (Å²) in [5.74, 6) is 0. The van der Waals surface area contributed by atoms with Crippen molar-refractivity contribution in [3.05, 3.63) is 70.0 Å². The van der Waals surface area contributed by atoms with Crippen LogP contribution in [0.15, 0.2) is 53.3 Å². The van der Waals surface area contributed by atoms with Crippen LogP contribution in [0.4, 0.5) is 17.1 Å². The number of benzene rings is 2. The molecule has 0 radical (unpaired) electrons. The highest BCUT2D eigenvalue weighted by atomic mass is 127. The number of hydrogen-bond donors (Lipinski definition) is 0. The maximum absolute atomic E-state index is 12.5. The number of anilines is 3. The fraction of sp³-hybridized carbons (Fsp3) is 0.320. The first kappa shape index (κ1) is 20.6. The smallest absolute Gasteiger partial charge is 0.253 e. The van der Waals surface area contributed by atoms with Crippen molar-refractivity contribution < 1.29 is 0 Å². The summed E-state index contributed by atoms with van der Waals surface area (Å²) in [6, 6.07) is 15.2. The van der Waals surface area contributed by atoms with Crippen molar-refractivity contribution in [1.29, 1.82) is 0 Å². The maximum atomic E-state index is 12.5. The van der Waals surface area contributed by atoms with E-state index in [-0.39, 0.29) is 5.56 Å². The number of aryl methyl sites for hydroxylation is 2. The molecule has 0 saturated carbocycles. The number of nitrogens with zero attached hydrogens (tertiary/aromatic N) is 4. The molecule has 0 bridgehead atoms. The van der Waals surface area contributed by atoms with E-state index >= 15 is 0 Å². The normalized spacial score (nSPS) is 17.1. The molecular formula is C25H27IN4O. The Morgan fingerprint density at radius 2 is 1.77 bits per heavy atom. The predicted molar refractivity (Wildman–Crippen MR) is 139 cm³/mol. The molecule has 0 saturated heterocycles. The van der Waals surface area contributed by atoms with Crippen LogP contribution >= 0.6 is 22.9 Å². The molecule has 3 heterocycles. The Morgan fingerprint density at radius 1 is 0.935 bits per heavy atom. The summed E-state index contributed by atoms with van der Waals surface area (Å²) in [5, 5.41) is 1.12. The van der Waals surface area contributed by atoms with Crippen LogP contribution in [0.5, 0.6) is 0 Å². The van der Waals surface area contributed by atoms with Crippen molar-refractivity contribution in [3.8, 4) is 0 Å². The number of fused-ring (bicyclic) bond motifs is 2. The molecule has 5 nitrogen and oxygen atoms in total. The van der Waals surface area contributed by atoms with E-state index in [0.29, 0.717) is 0 Å². The maximum Gasteiger partial charge on any atom is 0.253 e. The van der Waals surface area contributed by atoms with E-state index in [4.69, 9.17) is 0 Å². The summed E-state index contributed by atoms with van der Waals surface area (Å²) < 4.78 is 4.09. The van der Waals surface area contributed by atoms with Crippen molar-refractivity contribution in [2.45, 2.75) is 13.3 Å². The van der Waals surface area contributed by atoms with E-state index in [1.54, 1.807) is 4.57 Å². The third-order valence-electron chi connectivity index (χ3n) is 6.58. The summed E-state index contributed by atoms with van der Waals surface area (Å²) in [5.41, 5.74) is 8.24. The van der Waals surface area contributed by atoms with Crippen molar-refractivity contribution >= 4 is 56.4 Å². The second kappa shape index (κ2) is 7.98. The SMILES string of the molecule is Cc1cc2c(N3CCN(C)c4cc(C5=CCN(I)CC5)ccc43)cccc2n(C)c1=O. The van der Waals surface area contributed by atoms with Crippen LogP contribution in [-0.2, 0) is 7.05 Å². The number of hydrogen-bond acceptors (Lipinski definition) is 4. The minimum Gasteiger partial charge on any atom is -0.371 e. The molecule has 2 aliphatic heterocycles. The van der Waals surface area contributed by atoms with Gasteiger partial charge in [-0.2, -0.15) is 0 Å². The summed E-state index contributed by atoms with van der Waals surface area (Å²) >= 11 is 2.40. The largest absolute Gasteiger partial charge is 0.371 e. The van der Waals surface area contributed by atoms with E-state index in [1.807, 2.05) is 26.1 Å². The average molecular weight is 526 g/mol. The van der Waals surface area contributed by atoms with Gasteiger partial charge in [-0.15, -0.1) is 0 Å². The molecule has 5 rings (SSSR count). The first-order valence-corrected chi connectivity index (χ1v) is 11.7. The number of halogens is 1. The standard InChI is InChI=1S/C25H27IN4O/c1-17-15-20-21(28(3)25(17)31)5-4-6-22(20)30-14-13-27(2)24-16-19(7-8-23(24)30)18-9-11-29(26)12-10-18/h4-9,15-16H,10-14H2,1-3H3. The minimum atomic E-state index is 0.0684.